The van der Waals surface area contributed by atoms with Gasteiger partial charge < -0.3 is 4.57 Å². The first-order valence-corrected chi connectivity index (χ1v) is 20.1. The van der Waals surface area contributed by atoms with Crippen LogP contribution in [-0.2, 0) is 0 Å². The highest BCUT2D eigenvalue weighted by molar-refractivity contribution is 7.26. The predicted octanol–water partition coefficient (Wildman–Crippen LogP) is 15.6. The topological polar surface area (TPSA) is 4.93 Å². The van der Waals surface area contributed by atoms with Gasteiger partial charge in [0.2, 0.25) is 0 Å². The van der Waals surface area contributed by atoms with Gasteiger partial charge in [0.25, 0.3) is 0 Å². The highest BCUT2D eigenvalue weighted by Crippen LogP contribution is 2.43. The Morgan fingerprint density at radius 3 is 1.64 bits per heavy atom. The van der Waals surface area contributed by atoms with Crippen molar-refractivity contribution in [3.63, 3.8) is 0 Å². The normalized spacial score (nSPS) is 11.9. The molecule has 0 bridgehead atoms. The summed E-state index contributed by atoms with van der Waals surface area (Å²) in [5.41, 5.74) is 11.1. The van der Waals surface area contributed by atoms with Crippen LogP contribution in [0.1, 0.15) is 0 Å². The van der Waals surface area contributed by atoms with Gasteiger partial charge >= 0.3 is 0 Å². The van der Waals surface area contributed by atoms with E-state index < -0.39 is 0 Å². The molecule has 2 heterocycles. The molecule has 0 saturated heterocycles. The zero-order valence-electron chi connectivity index (χ0n) is 30.4. The fourth-order valence-corrected chi connectivity index (χ4v) is 10.4. The van der Waals surface area contributed by atoms with E-state index in [0.29, 0.717) is 0 Å². The first-order chi connectivity index (χ1) is 27.8. The van der Waals surface area contributed by atoms with Gasteiger partial charge in [0.1, 0.15) is 0 Å². The van der Waals surface area contributed by atoms with Crippen molar-refractivity contribution in [1.82, 2.24) is 4.57 Å². The molecule has 260 valence electrons. The van der Waals surface area contributed by atoms with Crippen LogP contribution >= 0.6 is 11.3 Å². The molecule has 0 aliphatic carbocycles. The molecule has 0 aliphatic rings. The van der Waals surface area contributed by atoms with Crippen molar-refractivity contribution in [2.45, 2.75) is 0 Å². The molecule has 10 aromatic carbocycles. The largest absolute Gasteiger partial charge is 0.309 e. The van der Waals surface area contributed by atoms with Crippen molar-refractivity contribution in [3.05, 3.63) is 200 Å². The Balaban J connectivity index is 0.984. The summed E-state index contributed by atoms with van der Waals surface area (Å²) in [6.07, 6.45) is 0. The third-order valence-electron chi connectivity index (χ3n) is 11.8. The summed E-state index contributed by atoms with van der Waals surface area (Å²) in [5.74, 6) is 0. The van der Waals surface area contributed by atoms with Gasteiger partial charge in [-0.2, -0.15) is 0 Å². The summed E-state index contributed by atoms with van der Waals surface area (Å²) in [5, 5.41) is 12.9. The summed E-state index contributed by atoms with van der Waals surface area (Å²) >= 11 is 1.89. The van der Waals surface area contributed by atoms with E-state index in [-0.39, 0.29) is 0 Å². The second-order valence-corrected chi connectivity index (χ2v) is 15.9. The highest BCUT2D eigenvalue weighted by Gasteiger charge is 2.17. The number of hydrogen-bond donors (Lipinski definition) is 0. The maximum Gasteiger partial charge on any atom is 0.0541 e. The SMILES string of the molecule is c1ccc(-c2ccc3c(c2)c2ccccc2n3-c2ccc3sc4c(-c5cccc(-c6ccc7c8ccccc8c8ccccc8c7c6)c5)cccc4c3c2)cc1. The molecule has 2 aromatic heterocycles. The van der Waals surface area contributed by atoms with Crippen molar-refractivity contribution in [1.29, 1.82) is 0 Å². The molecule has 0 saturated carbocycles. The fourth-order valence-electron chi connectivity index (χ4n) is 9.17. The minimum Gasteiger partial charge on any atom is -0.309 e. The minimum atomic E-state index is 1.18. The quantitative estimate of drug-likeness (QED) is 0.159. The molecule has 0 atom stereocenters. The van der Waals surface area contributed by atoms with Crippen LogP contribution in [0.2, 0.25) is 0 Å². The lowest BCUT2D eigenvalue weighted by molar-refractivity contribution is 1.19. The van der Waals surface area contributed by atoms with E-state index >= 15 is 0 Å². The molecule has 1 nitrogen and oxygen atoms in total. The number of aromatic nitrogens is 1. The summed E-state index contributed by atoms with van der Waals surface area (Å²) in [4.78, 5) is 0. The molecular formula is C54H33NS. The van der Waals surface area contributed by atoms with Crippen LogP contribution in [-0.4, -0.2) is 4.57 Å². The van der Waals surface area contributed by atoms with Crippen LogP contribution in [0, 0.1) is 0 Å². The first-order valence-electron chi connectivity index (χ1n) is 19.3. The molecule has 0 aliphatic heterocycles. The number of benzene rings is 10. The Labute approximate surface area is 327 Å². The number of fused-ring (bicyclic) bond motifs is 12. The van der Waals surface area contributed by atoms with Gasteiger partial charge in [-0.15, -0.1) is 11.3 Å². The van der Waals surface area contributed by atoms with E-state index in [2.05, 4.69) is 205 Å². The van der Waals surface area contributed by atoms with Gasteiger partial charge in [0, 0.05) is 36.6 Å². The lowest BCUT2D eigenvalue weighted by atomic mass is 9.91. The lowest BCUT2D eigenvalue weighted by Crippen LogP contribution is -1.93. The molecular weight excluding hydrogens is 695 g/mol. The summed E-state index contributed by atoms with van der Waals surface area (Å²) < 4.78 is 5.06. The van der Waals surface area contributed by atoms with Crippen molar-refractivity contribution in [2.24, 2.45) is 0 Å². The maximum absolute atomic E-state index is 2.44. The van der Waals surface area contributed by atoms with E-state index in [1.165, 1.54) is 113 Å². The van der Waals surface area contributed by atoms with Crippen molar-refractivity contribution < 1.29 is 0 Å². The molecule has 0 spiro atoms. The lowest BCUT2D eigenvalue weighted by Gasteiger charge is -2.12. The minimum absolute atomic E-state index is 1.18. The zero-order valence-corrected chi connectivity index (χ0v) is 31.2. The smallest absolute Gasteiger partial charge is 0.0541 e. The Hall–Kier alpha value is -7.00. The predicted molar refractivity (Wildman–Crippen MR) is 242 cm³/mol. The summed E-state index contributed by atoms with van der Waals surface area (Å²) in [7, 11) is 0. The van der Waals surface area contributed by atoms with Gasteiger partial charge in [-0.3, -0.25) is 0 Å². The van der Waals surface area contributed by atoms with Crippen LogP contribution < -0.4 is 0 Å². The van der Waals surface area contributed by atoms with Crippen molar-refractivity contribution in [2.75, 3.05) is 0 Å². The van der Waals surface area contributed by atoms with Gasteiger partial charge in [0.15, 0.2) is 0 Å². The fraction of sp³-hybridized carbons (Fsp3) is 0. The molecule has 0 fully saturated rings. The van der Waals surface area contributed by atoms with Gasteiger partial charge in [0.05, 0.1) is 11.0 Å². The van der Waals surface area contributed by atoms with Gasteiger partial charge in [-0.1, -0.05) is 152 Å². The number of nitrogens with zero attached hydrogens (tertiary/aromatic N) is 1. The number of hydrogen-bond acceptors (Lipinski definition) is 1. The van der Waals surface area contributed by atoms with Crippen LogP contribution in [0.25, 0.3) is 113 Å². The Bertz CT molecular complexity index is 3500. The monoisotopic (exact) mass is 727 g/mol. The number of para-hydroxylation sites is 1. The third kappa shape index (κ3) is 4.73. The van der Waals surface area contributed by atoms with Gasteiger partial charge in [-0.25, -0.2) is 0 Å². The Kier molecular flexibility index (Phi) is 6.87. The average Bonchev–Trinajstić information content (AvgIpc) is 3.82. The molecule has 0 amide bonds. The average molecular weight is 728 g/mol. The van der Waals surface area contributed by atoms with E-state index in [4.69, 9.17) is 0 Å². The number of rotatable bonds is 4. The van der Waals surface area contributed by atoms with E-state index in [1.807, 2.05) is 11.3 Å². The second kappa shape index (κ2) is 12.3. The molecule has 2 heteroatoms. The Morgan fingerprint density at radius 2 is 0.839 bits per heavy atom. The Morgan fingerprint density at radius 1 is 0.286 bits per heavy atom. The molecule has 56 heavy (non-hydrogen) atoms. The summed E-state index contributed by atoms with van der Waals surface area (Å²) in [6, 6.07) is 73.9. The number of thiophene rings is 1. The maximum atomic E-state index is 2.44. The molecule has 12 rings (SSSR count). The summed E-state index contributed by atoms with van der Waals surface area (Å²) in [6.45, 7) is 0. The standard InChI is InChI=1S/C54H33NS/c1-2-12-34(13-3-1)36-25-28-52-49(32-36)46-20-8-9-23-51(46)55(52)39-26-29-53-50(33-39)47-22-11-21-40(54(47)56-53)38-15-10-14-35(30-38)37-24-27-45-43-18-5-4-16-41(43)42-17-6-7-19-44(42)48(45)31-37/h1-33H. The molecule has 0 radical (unpaired) electrons. The first kappa shape index (κ1) is 31.4. The molecule has 12 aromatic rings. The van der Waals surface area contributed by atoms with E-state index in [1.54, 1.807) is 0 Å². The van der Waals surface area contributed by atoms with Crippen LogP contribution in [0.3, 0.4) is 0 Å². The second-order valence-electron chi connectivity index (χ2n) is 14.8. The molecule has 0 unspecified atom stereocenters. The third-order valence-corrected chi connectivity index (χ3v) is 13.0. The molecule has 0 N–H and O–H groups in total. The van der Waals surface area contributed by atoms with Crippen LogP contribution in [0.15, 0.2) is 200 Å². The van der Waals surface area contributed by atoms with Gasteiger partial charge in [-0.05, 0) is 114 Å². The van der Waals surface area contributed by atoms with Crippen molar-refractivity contribution >= 4 is 85.6 Å². The van der Waals surface area contributed by atoms with E-state index in [9.17, 15) is 0 Å². The van der Waals surface area contributed by atoms with Crippen molar-refractivity contribution in [3.8, 4) is 39.1 Å². The van der Waals surface area contributed by atoms with Crippen LogP contribution in [0.5, 0.6) is 0 Å². The van der Waals surface area contributed by atoms with Crippen LogP contribution in [0.4, 0.5) is 0 Å². The van der Waals surface area contributed by atoms with E-state index in [0.717, 1.165) is 0 Å². The highest BCUT2D eigenvalue weighted by atomic mass is 32.1. The zero-order chi connectivity index (χ0) is 36.7.